The Hall–Kier alpha value is -0.790. The Kier molecular flexibility index (Phi) is 32.0. The molecule has 0 bridgehead atoms. The topological polar surface area (TPSA) is 19.7 Å². The predicted octanol–water partition coefficient (Wildman–Crippen LogP) is 15.7. The first-order chi connectivity index (χ1) is 22.7. The van der Waals surface area contributed by atoms with Crippen molar-refractivity contribution in [3.8, 4) is 0 Å². The van der Waals surface area contributed by atoms with Crippen LogP contribution in [0, 0.1) is 0 Å². The van der Waals surface area contributed by atoms with Crippen molar-refractivity contribution in [3.05, 3.63) is 18.2 Å². The third-order valence-electron chi connectivity index (χ3n) is 10.9. The summed E-state index contributed by atoms with van der Waals surface area (Å²) in [4.78, 5) is 3.76. The van der Waals surface area contributed by atoms with Gasteiger partial charge in [0.05, 0.1) is 12.0 Å². The molecule has 2 nitrogen and oxygen atoms in total. The number of unbranched alkanes of at least 4 members (excludes halogenated alkanes) is 29. The molecule has 0 aliphatic heterocycles. The molecule has 0 aliphatic carbocycles. The normalized spacial score (nSPS) is 13.0. The molecule has 2 atom stereocenters. The fraction of sp³-hybridized carbons (Fsp3) is 0.932. The Morgan fingerprint density at radius 1 is 0.413 bits per heavy atom. The van der Waals surface area contributed by atoms with Crippen molar-refractivity contribution in [1.29, 1.82) is 0 Å². The van der Waals surface area contributed by atoms with Crippen molar-refractivity contribution in [2.24, 2.45) is 0 Å². The van der Waals surface area contributed by atoms with Crippen LogP contribution in [0.4, 0.5) is 0 Å². The molecular weight excluding hydrogens is 556 g/mol. The second-order valence-electron chi connectivity index (χ2n) is 15.4. The van der Waals surface area contributed by atoms with Gasteiger partial charge in [0.1, 0.15) is 12.4 Å². The average Bonchev–Trinajstić information content (AvgIpc) is 3.56. The Morgan fingerprint density at radius 3 is 1.02 bits per heavy atom. The largest absolute Gasteiger partial charge is 0.257 e. The Labute approximate surface area is 291 Å². The van der Waals surface area contributed by atoms with Crippen LogP contribution in [-0.4, -0.2) is 4.98 Å². The van der Waals surface area contributed by atoms with Crippen LogP contribution >= 0.6 is 0 Å². The predicted molar refractivity (Wildman–Crippen MR) is 207 cm³/mol. The third-order valence-corrected chi connectivity index (χ3v) is 10.9. The smallest absolute Gasteiger partial charge is 0.247 e. The molecule has 0 spiro atoms. The third kappa shape index (κ3) is 25.3. The minimum Gasteiger partial charge on any atom is -0.247 e. The summed E-state index contributed by atoms with van der Waals surface area (Å²) >= 11 is 0. The van der Waals surface area contributed by atoms with Crippen LogP contribution in [0.2, 0.25) is 0 Å². The van der Waals surface area contributed by atoms with Gasteiger partial charge in [0.15, 0.2) is 0 Å². The molecule has 1 rings (SSSR count). The molecule has 0 fully saturated rings. The Balaban J connectivity index is 2.34. The lowest BCUT2D eigenvalue weighted by molar-refractivity contribution is -0.727. The van der Waals surface area contributed by atoms with E-state index in [2.05, 4.69) is 49.6 Å². The Morgan fingerprint density at radius 2 is 0.696 bits per heavy atom. The highest BCUT2D eigenvalue weighted by atomic mass is 15.1. The molecule has 0 saturated heterocycles. The zero-order valence-corrected chi connectivity index (χ0v) is 32.5. The van der Waals surface area contributed by atoms with E-state index in [0.717, 1.165) is 0 Å². The summed E-state index contributed by atoms with van der Waals surface area (Å²) in [5.74, 6) is 2.25. The number of H-pyrrole nitrogens is 1. The maximum absolute atomic E-state index is 3.76. The molecule has 46 heavy (non-hydrogen) atoms. The number of hydrogen-bond acceptors (Lipinski definition) is 0. The van der Waals surface area contributed by atoms with E-state index in [4.69, 9.17) is 0 Å². The maximum atomic E-state index is 3.76. The number of nitrogens with one attached hydrogen (secondary N) is 1. The molecule has 2 heteroatoms. The van der Waals surface area contributed by atoms with E-state index in [-0.39, 0.29) is 0 Å². The second-order valence-corrected chi connectivity index (χ2v) is 15.4. The van der Waals surface area contributed by atoms with Gasteiger partial charge in [-0.25, -0.2) is 9.55 Å². The molecule has 0 radical (unpaired) electrons. The van der Waals surface area contributed by atoms with E-state index in [1.54, 1.807) is 0 Å². The van der Waals surface area contributed by atoms with Crippen molar-refractivity contribution < 1.29 is 4.57 Å². The van der Waals surface area contributed by atoms with Gasteiger partial charge in [-0.05, 0) is 32.6 Å². The van der Waals surface area contributed by atoms with Gasteiger partial charge in [-0.2, -0.15) is 0 Å². The van der Waals surface area contributed by atoms with Gasteiger partial charge in [0.25, 0.3) is 5.82 Å². The molecule has 1 aromatic rings. The van der Waals surface area contributed by atoms with Gasteiger partial charge < -0.3 is 0 Å². The molecule has 1 N–H and O–H groups in total. The number of aromatic amines is 1. The van der Waals surface area contributed by atoms with E-state index in [0.29, 0.717) is 12.0 Å². The number of rotatable bonds is 37. The van der Waals surface area contributed by atoms with E-state index >= 15 is 0 Å². The summed E-state index contributed by atoms with van der Waals surface area (Å²) in [6, 6.07) is 0.619. The van der Waals surface area contributed by atoms with E-state index in [1.165, 1.54) is 231 Å². The molecule has 0 aliphatic rings. The van der Waals surface area contributed by atoms with Crippen molar-refractivity contribution in [1.82, 2.24) is 4.98 Å². The number of nitrogens with zero attached hydrogens (tertiary/aromatic N) is 1. The maximum Gasteiger partial charge on any atom is 0.257 e. The number of imidazole rings is 1. The van der Waals surface area contributed by atoms with Crippen molar-refractivity contribution in [2.45, 2.75) is 264 Å². The first-order valence-corrected chi connectivity index (χ1v) is 21.8. The van der Waals surface area contributed by atoms with Crippen molar-refractivity contribution in [2.75, 3.05) is 0 Å². The lowest BCUT2D eigenvalue weighted by Gasteiger charge is -2.17. The summed E-state index contributed by atoms with van der Waals surface area (Å²) in [7, 11) is 0. The lowest BCUT2D eigenvalue weighted by atomic mass is 9.92. The molecule has 1 aromatic heterocycles. The summed E-state index contributed by atoms with van der Waals surface area (Å²) in [6.07, 6.45) is 54.6. The highest BCUT2D eigenvalue weighted by Gasteiger charge is 2.25. The van der Waals surface area contributed by atoms with Crippen LogP contribution in [-0.2, 0) is 0 Å². The van der Waals surface area contributed by atoms with Gasteiger partial charge in [-0.15, -0.1) is 0 Å². The van der Waals surface area contributed by atoms with Crippen LogP contribution in [0.25, 0.3) is 0 Å². The fourth-order valence-corrected chi connectivity index (χ4v) is 7.66. The lowest BCUT2D eigenvalue weighted by Crippen LogP contribution is -2.41. The van der Waals surface area contributed by atoms with E-state index < -0.39 is 0 Å². The first-order valence-electron chi connectivity index (χ1n) is 21.8. The van der Waals surface area contributed by atoms with Gasteiger partial charge >= 0.3 is 0 Å². The SMILES string of the molecule is CCCCCCCCCCCCCCCCCCC(CCCCCCCCCC)c1[nH]cc[n+]1C(C)CCCCCCCCCC. The van der Waals surface area contributed by atoms with Gasteiger partial charge in [-0.1, -0.05) is 220 Å². The van der Waals surface area contributed by atoms with Crippen LogP contribution in [0.1, 0.15) is 270 Å². The molecule has 1 heterocycles. The molecular formula is C44H87N2+. The standard InChI is InChI=1S/C44H86N2/c1-5-8-11-14-17-20-21-22-23-24-25-26-27-30-33-36-39-43(38-35-32-29-19-16-13-10-7-3)44-45-40-41-46(44)42(4)37-34-31-28-18-15-12-9-6-2/h40-43H,5-39H2,1-4H3/p+1. The summed E-state index contributed by atoms with van der Waals surface area (Å²) in [5.41, 5.74) is 0. The summed E-state index contributed by atoms with van der Waals surface area (Å²) in [5, 5.41) is 0. The molecule has 0 aromatic carbocycles. The van der Waals surface area contributed by atoms with Crippen molar-refractivity contribution in [3.63, 3.8) is 0 Å². The quantitative estimate of drug-likeness (QED) is 0.0550. The molecule has 2 unspecified atom stereocenters. The fourth-order valence-electron chi connectivity index (χ4n) is 7.66. The van der Waals surface area contributed by atoms with Gasteiger partial charge in [0.2, 0.25) is 0 Å². The molecule has 0 amide bonds. The minimum absolute atomic E-state index is 0.619. The second kappa shape index (κ2) is 34.1. The highest BCUT2D eigenvalue weighted by Crippen LogP contribution is 2.27. The van der Waals surface area contributed by atoms with E-state index in [9.17, 15) is 0 Å². The minimum atomic E-state index is 0.619. The zero-order chi connectivity index (χ0) is 33.2. The summed E-state index contributed by atoms with van der Waals surface area (Å²) in [6.45, 7) is 9.42. The highest BCUT2D eigenvalue weighted by molar-refractivity contribution is 4.90. The monoisotopic (exact) mass is 644 g/mol. The zero-order valence-electron chi connectivity index (χ0n) is 32.5. The number of aromatic nitrogens is 2. The van der Waals surface area contributed by atoms with Crippen LogP contribution in [0.15, 0.2) is 12.4 Å². The summed E-state index contributed by atoms with van der Waals surface area (Å²) < 4.78 is 2.64. The van der Waals surface area contributed by atoms with Crippen LogP contribution in [0.5, 0.6) is 0 Å². The molecule has 272 valence electrons. The van der Waals surface area contributed by atoms with Crippen LogP contribution < -0.4 is 4.57 Å². The van der Waals surface area contributed by atoms with Crippen molar-refractivity contribution >= 4 is 0 Å². The number of hydrogen-bond donors (Lipinski definition) is 1. The van der Waals surface area contributed by atoms with Gasteiger partial charge in [-0.3, -0.25) is 0 Å². The van der Waals surface area contributed by atoms with Crippen LogP contribution in [0.3, 0.4) is 0 Å². The first kappa shape index (κ1) is 43.2. The van der Waals surface area contributed by atoms with Gasteiger partial charge in [0, 0.05) is 0 Å². The van der Waals surface area contributed by atoms with E-state index in [1.807, 2.05) is 0 Å². The molecule has 0 saturated carbocycles. The Bertz CT molecular complexity index is 709. The average molecular weight is 644 g/mol.